The third-order valence-electron chi connectivity index (χ3n) is 4.68. The summed E-state index contributed by atoms with van der Waals surface area (Å²) in [7, 11) is 0. The number of carbonyl (C=O) groups excluding carboxylic acids is 1. The van der Waals surface area contributed by atoms with Crippen molar-refractivity contribution in [2.75, 3.05) is 5.32 Å². The quantitative estimate of drug-likeness (QED) is 0.188. The van der Waals surface area contributed by atoms with Crippen molar-refractivity contribution in [3.63, 3.8) is 0 Å². The van der Waals surface area contributed by atoms with E-state index in [4.69, 9.17) is 16.3 Å². The number of carbonyl (C=O) groups is 1. The third kappa shape index (κ3) is 5.98. The smallest absolute Gasteiger partial charge is 0.416 e. The van der Waals surface area contributed by atoms with Gasteiger partial charge < -0.3 is 10.1 Å². The van der Waals surface area contributed by atoms with E-state index < -0.39 is 77.1 Å². The lowest BCUT2D eigenvalue weighted by Gasteiger charge is -2.23. The van der Waals surface area contributed by atoms with Crippen LogP contribution in [0, 0.1) is 29.2 Å². The van der Waals surface area contributed by atoms with Crippen molar-refractivity contribution >= 4 is 23.3 Å². The maximum Gasteiger partial charge on any atom is 0.416 e. The summed E-state index contributed by atoms with van der Waals surface area (Å²) in [4.78, 5) is 12.5. The van der Waals surface area contributed by atoms with E-state index in [1.54, 1.807) is 13.8 Å². The summed E-state index contributed by atoms with van der Waals surface area (Å²) < 4.78 is 99.9. The number of rotatable bonds is 8. The number of allylic oxidation sites excluding steroid dienone is 1. The first-order chi connectivity index (χ1) is 15.3. The van der Waals surface area contributed by atoms with Gasteiger partial charge >= 0.3 is 12.1 Å². The molecule has 11 heteroatoms. The molecule has 33 heavy (non-hydrogen) atoms. The summed E-state index contributed by atoms with van der Waals surface area (Å²) in [5, 5.41) is 2.29. The standard InChI is InChI=1S/C22H19ClF7NO2/c1-4-5-12-16(24)18(26)13(19(27)17(12)25)9-33-21(32)20(10(2)3)31-15-7-6-11(8-14(15)23)22(28,29)30/h4,6-8,10,20,31H,1,5,9H2,2-3H3. The Morgan fingerprint density at radius 2 is 1.64 bits per heavy atom. The van der Waals surface area contributed by atoms with E-state index >= 15 is 0 Å². The normalized spacial score (nSPS) is 12.6. The fourth-order valence-corrected chi connectivity index (χ4v) is 3.11. The number of ether oxygens (including phenoxy) is 1. The van der Waals surface area contributed by atoms with E-state index in [-0.39, 0.29) is 10.7 Å². The number of esters is 1. The van der Waals surface area contributed by atoms with Crippen molar-refractivity contribution in [1.29, 1.82) is 0 Å². The van der Waals surface area contributed by atoms with Crippen LogP contribution in [0.15, 0.2) is 30.9 Å². The maximum atomic E-state index is 14.2. The van der Waals surface area contributed by atoms with Crippen molar-refractivity contribution < 1.29 is 40.3 Å². The van der Waals surface area contributed by atoms with Gasteiger partial charge in [-0.05, 0) is 30.5 Å². The van der Waals surface area contributed by atoms with Crippen molar-refractivity contribution in [3.8, 4) is 0 Å². The molecule has 2 rings (SSSR count). The second-order valence-electron chi connectivity index (χ2n) is 7.37. The Morgan fingerprint density at radius 3 is 2.09 bits per heavy atom. The van der Waals surface area contributed by atoms with Crippen molar-refractivity contribution in [1.82, 2.24) is 0 Å². The van der Waals surface area contributed by atoms with Crippen LogP contribution in [0.3, 0.4) is 0 Å². The Hall–Kier alpha value is -2.75. The molecule has 2 aromatic carbocycles. The average Bonchev–Trinajstić information content (AvgIpc) is 2.73. The molecule has 0 fully saturated rings. The van der Waals surface area contributed by atoms with E-state index in [2.05, 4.69) is 11.9 Å². The molecule has 0 radical (unpaired) electrons. The van der Waals surface area contributed by atoms with Gasteiger partial charge in [0.2, 0.25) is 0 Å². The first-order valence-electron chi connectivity index (χ1n) is 9.54. The van der Waals surface area contributed by atoms with Gasteiger partial charge in [-0.25, -0.2) is 22.4 Å². The van der Waals surface area contributed by atoms with Crippen LogP contribution in [-0.4, -0.2) is 12.0 Å². The van der Waals surface area contributed by atoms with Crippen LogP contribution in [0.1, 0.15) is 30.5 Å². The summed E-state index contributed by atoms with van der Waals surface area (Å²) in [6, 6.07) is 1.21. The van der Waals surface area contributed by atoms with Crippen molar-refractivity contribution in [3.05, 3.63) is 75.8 Å². The Balaban J connectivity index is 2.24. The van der Waals surface area contributed by atoms with Crippen molar-refractivity contribution in [2.24, 2.45) is 5.92 Å². The van der Waals surface area contributed by atoms with Gasteiger partial charge in [0.05, 0.1) is 21.8 Å². The van der Waals surface area contributed by atoms with E-state index in [1.807, 2.05) is 0 Å². The monoisotopic (exact) mass is 497 g/mol. The number of halogens is 8. The van der Waals surface area contributed by atoms with Gasteiger partial charge in [0, 0.05) is 5.56 Å². The van der Waals surface area contributed by atoms with E-state index in [1.165, 1.54) is 0 Å². The highest BCUT2D eigenvalue weighted by Gasteiger charge is 2.32. The summed E-state index contributed by atoms with van der Waals surface area (Å²) >= 11 is 5.87. The summed E-state index contributed by atoms with van der Waals surface area (Å²) in [5.41, 5.74) is -3.00. The lowest BCUT2D eigenvalue weighted by Crippen LogP contribution is -2.36. The average molecular weight is 498 g/mol. The molecule has 0 aliphatic rings. The van der Waals surface area contributed by atoms with Gasteiger partial charge in [-0.2, -0.15) is 13.2 Å². The molecule has 3 nitrogen and oxygen atoms in total. The Kier molecular flexibility index (Phi) is 8.40. The van der Waals surface area contributed by atoms with Crippen LogP contribution in [0.25, 0.3) is 0 Å². The molecule has 0 spiro atoms. The molecule has 0 amide bonds. The number of nitrogens with one attached hydrogen (secondary N) is 1. The molecule has 0 aliphatic heterocycles. The molecule has 180 valence electrons. The molecule has 2 aromatic rings. The largest absolute Gasteiger partial charge is 0.459 e. The van der Waals surface area contributed by atoms with Crippen LogP contribution in [0.5, 0.6) is 0 Å². The zero-order valence-corrected chi connectivity index (χ0v) is 18.2. The molecule has 0 aliphatic carbocycles. The van der Waals surface area contributed by atoms with E-state index in [0.29, 0.717) is 6.07 Å². The molecule has 0 saturated carbocycles. The Morgan fingerprint density at radius 1 is 1.09 bits per heavy atom. The molecular weight excluding hydrogens is 479 g/mol. The first-order valence-corrected chi connectivity index (χ1v) is 9.91. The number of alkyl halides is 3. The third-order valence-corrected chi connectivity index (χ3v) is 4.99. The fraction of sp³-hybridized carbons (Fsp3) is 0.318. The van der Waals surface area contributed by atoms with Crippen LogP contribution in [0.4, 0.5) is 36.4 Å². The fourth-order valence-electron chi connectivity index (χ4n) is 2.88. The van der Waals surface area contributed by atoms with E-state index in [9.17, 15) is 35.5 Å². The molecule has 1 N–H and O–H groups in total. The van der Waals surface area contributed by atoms with Gasteiger partial charge in [0.15, 0.2) is 23.3 Å². The molecule has 0 bridgehead atoms. The number of hydrogen-bond donors (Lipinski definition) is 1. The maximum absolute atomic E-state index is 14.2. The number of anilines is 1. The second-order valence-corrected chi connectivity index (χ2v) is 7.78. The minimum atomic E-state index is -4.63. The Bertz CT molecular complexity index is 1030. The zero-order chi connectivity index (χ0) is 25.1. The van der Waals surface area contributed by atoms with Gasteiger partial charge in [-0.15, -0.1) is 6.58 Å². The predicted octanol–water partition coefficient (Wildman–Crippen LogP) is 6.82. The highest BCUT2D eigenvalue weighted by Crippen LogP contribution is 2.34. The molecule has 0 saturated heterocycles. The van der Waals surface area contributed by atoms with Gasteiger partial charge in [0.25, 0.3) is 0 Å². The highest BCUT2D eigenvalue weighted by molar-refractivity contribution is 6.33. The predicted molar refractivity (Wildman–Crippen MR) is 109 cm³/mol. The van der Waals surface area contributed by atoms with Crippen LogP contribution < -0.4 is 5.32 Å². The van der Waals surface area contributed by atoms with Gasteiger partial charge in [-0.3, -0.25) is 0 Å². The molecule has 1 atom stereocenters. The van der Waals surface area contributed by atoms with Crippen molar-refractivity contribution in [2.45, 2.75) is 39.1 Å². The van der Waals surface area contributed by atoms with Crippen LogP contribution in [0.2, 0.25) is 5.02 Å². The first kappa shape index (κ1) is 26.5. The molecule has 1 unspecified atom stereocenters. The zero-order valence-electron chi connectivity index (χ0n) is 17.4. The van der Waals surface area contributed by atoms with Gasteiger partial charge in [0.1, 0.15) is 12.6 Å². The van der Waals surface area contributed by atoms with Crippen LogP contribution >= 0.6 is 11.6 Å². The summed E-state index contributed by atoms with van der Waals surface area (Å²) in [6.45, 7) is 5.25. The lowest BCUT2D eigenvalue weighted by atomic mass is 10.0. The molecule has 0 aromatic heterocycles. The van der Waals surface area contributed by atoms with Gasteiger partial charge in [-0.1, -0.05) is 31.5 Å². The second kappa shape index (κ2) is 10.5. The summed E-state index contributed by atoms with van der Waals surface area (Å²) in [5.74, 6) is -8.27. The lowest BCUT2D eigenvalue weighted by molar-refractivity contribution is -0.147. The Labute approximate surface area is 190 Å². The number of hydrogen-bond acceptors (Lipinski definition) is 3. The van der Waals surface area contributed by atoms with Crippen LogP contribution in [-0.2, 0) is 28.7 Å². The topological polar surface area (TPSA) is 38.3 Å². The van der Waals surface area contributed by atoms with E-state index in [0.717, 1.165) is 18.2 Å². The minimum absolute atomic E-state index is 0.0245. The molecular formula is C22H19ClF7NO2. The molecule has 0 heterocycles. The summed E-state index contributed by atoms with van der Waals surface area (Å²) in [6.07, 6.45) is -4.03. The minimum Gasteiger partial charge on any atom is -0.459 e. The SMILES string of the molecule is C=CCc1c(F)c(F)c(COC(=O)C(Nc2ccc(C(F)(F)F)cc2Cl)C(C)C)c(F)c1F. The highest BCUT2D eigenvalue weighted by atomic mass is 35.5. The number of benzene rings is 2.